The molecule has 1 rings (SSSR count). The molecule has 0 aromatic carbocycles. The lowest BCUT2D eigenvalue weighted by atomic mass is 10.1. The van der Waals surface area contributed by atoms with Gasteiger partial charge >= 0.3 is 5.97 Å². The summed E-state index contributed by atoms with van der Waals surface area (Å²) in [4.78, 5) is 42.6. The van der Waals surface area contributed by atoms with Gasteiger partial charge in [-0.05, 0) is 32.7 Å². The molecule has 4 unspecified atom stereocenters. The Hall–Kier alpha value is -2.50. The van der Waals surface area contributed by atoms with Crippen LogP contribution in [0.15, 0.2) is 12.5 Å². The van der Waals surface area contributed by atoms with Crippen molar-refractivity contribution >= 4 is 17.8 Å². The van der Waals surface area contributed by atoms with E-state index < -0.39 is 42.0 Å². The number of aliphatic hydroxyl groups is 1. The molecule has 9 N–H and O–H groups in total. The van der Waals surface area contributed by atoms with Crippen LogP contribution in [0.25, 0.3) is 0 Å². The fraction of sp³-hybridized carbons (Fsp3) is 0.625. The molecule has 152 valence electrons. The van der Waals surface area contributed by atoms with Crippen molar-refractivity contribution < 1.29 is 24.6 Å². The molecule has 0 spiro atoms. The van der Waals surface area contributed by atoms with E-state index in [1.807, 2.05) is 0 Å². The molecule has 0 aliphatic rings. The number of amides is 2. The van der Waals surface area contributed by atoms with Crippen LogP contribution in [0.1, 0.15) is 31.9 Å². The topological polar surface area (TPSA) is 196 Å². The van der Waals surface area contributed by atoms with Crippen molar-refractivity contribution in [3.05, 3.63) is 18.2 Å². The average molecular weight is 384 g/mol. The molecule has 11 nitrogen and oxygen atoms in total. The first-order valence-electron chi connectivity index (χ1n) is 8.70. The summed E-state index contributed by atoms with van der Waals surface area (Å²) in [6, 6.07) is -3.38. The molecule has 0 fully saturated rings. The number of carboxylic acid groups (broad SMARTS) is 1. The minimum atomic E-state index is -1.48. The van der Waals surface area contributed by atoms with Gasteiger partial charge < -0.3 is 37.3 Å². The van der Waals surface area contributed by atoms with E-state index in [2.05, 4.69) is 20.6 Å². The molecule has 0 saturated heterocycles. The molecule has 0 radical (unpaired) electrons. The summed E-state index contributed by atoms with van der Waals surface area (Å²) >= 11 is 0. The predicted octanol–water partition coefficient (Wildman–Crippen LogP) is -2.16. The summed E-state index contributed by atoms with van der Waals surface area (Å²) in [6.07, 6.45) is 3.36. The van der Waals surface area contributed by atoms with Gasteiger partial charge in [-0.15, -0.1) is 0 Å². The number of aromatic nitrogens is 2. The lowest BCUT2D eigenvalue weighted by Crippen LogP contribution is -2.56. The molecule has 11 heteroatoms. The molecule has 27 heavy (non-hydrogen) atoms. The van der Waals surface area contributed by atoms with Gasteiger partial charge in [0, 0.05) is 18.3 Å². The molecule has 0 aliphatic heterocycles. The van der Waals surface area contributed by atoms with Gasteiger partial charge in [0.25, 0.3) is 0 Å². The van der Waals surface area contributed by atoms with Gasteiger partial charge in [0.1, 0.15) is 6.04 Å². The number of unbranched alkanes of at least 4 members (excludes halogenated alkanes) is 1. The van der Waals surface area contributed by atoms with Crippen molar-refractivity contribution in [1.29, 1.82) is 0 Å². The largest absolute Gasteiger partial charge is 0.480 e. The quantitative estimate of drug-likeness (QED) is 0.198. The Morgan fingerprint density at radius 1 is 1.26 bits per heavy atom. The number of H-pyrrole nitrogens is 1. The summed E-state index contributed by atoms with van der Waals surface area (Å²) < 4.78 is 0. The first-order valence-corrected chi connectivity index (χ1v) is 8.70. The van der Waals surface area contributed by atoms with Crippen LogP contribution in [-0.2, 0) is 20.8 Å². The third kappa shape index (κ3) is 7.72. The zero-order valence-electron chi connectivity index (χ0n) is 15.2. The summed E-state index contributed by atoms with van der Waals surface area (Å²) in [5.41, 5.74) is 12.0. The molecule has 1 aromatic rings. The summed E-state index contributed by atoms with van der Waals surface area (Å²) in [7, 11) is 0. The number of aliphatic hydroxyl groups excluding tert-OH is 1. The Kier molecular flexibility index (Phi) is 9.40. The van der Waals surface area contributed by atoms with Crippen molar-refractivity contribution in [3.8, 4) is 0 Å². The number of aromatic amines is 1. The van der Waals surface area contributed by atoms with Crippen molar-refractivity contribution in [2.24, 2.45) is 11.5 Å². The van der Waals surface area contributed by atoms with E-state index >= 15 is 0 Å². The summed E-state index contributed by atoms with van der Waals surface area (Å²) in [5.74, 6) is -2.63. The van der Waals surface area contributed by atoms with Gasteiger partial charge in [0.05, 0.1) is 18.5 Å². The third-order valence-electron chi connectivity index (χ3n) is 3.96. The van der Waals surface area contributed by atoms with E-state index in [1.165, 1.54) is 13.3 Å². The lowest BCUT2D eigenvalue weighted by molar-refractivity contribution is -0.145. The standard InChI is InChI=1S/C16H28N6O5/c1-9(23)13(16(26)27)22-15(25)12(4-2-3-5-17)21-14(24)11(18)6-10-7-19-8-20-10/h7-9,11-13,23H,2-6,17-18H2,1H3,(H,19,20)(H,21,24)(H,22,25)(H,26,27). The van der Waals surface area contributed by atoms with Gasteiger partial charge in [-0.2, -0.15) is 0 Å². The van der Waals surface area contributed by atoms with E-state index in [1.54, 1.807) is 6.20 Å². The molecule has 0 aliphatic carbocycles. The minimum Gasteiger partial charge on any atom is -0.480 e. The van der Waals surface area contributed by atoms with Crippen LogP contribution in [0, 0.1) is 0 Å². The van der Waals surface area contributed by atoms with Crippen LogP contribution in [0.2, 0.25) is 0 Å². The van der Waals surface area contributed by atoms with Gasteiger partial charge in [0.2, 0.25) is 11.8 Å². The number of hydrogen-bond donors (Lipinski definition) is 7. The summed E-state index contributed by atoms with van der Waals surface area (Å²) in [5, 5.41) is 23.4. The summed E-state index contributed by atoms with van der Waals surface area (Å²) in [6.45, 7) is 1.68. The molecule has 1 aromatic heterocycles. The van der Waals surface area contributed by atoms with Crippen molar-refractivity contribution in [2.45, 2.75) is 56.8 Å². The number of hydrogen-bond acceptors (Lipinski definition) is 7. The number of carboxylic acids is 1. The van der Waals surface area contributed by atoms with Crippen LogP contribution >= 0.6 is 0 Å². The number of carbonyl (C=O) groups excluding carboxylic acids is 2. The second-order valence-corrected chi connectivity index (χ2v) is 6.30. The Bertz CT molecular complexity index is 606. The molecular weight excluding hydrogens is 356 g/mol. The van der Waals surface area contributed by atoms with E-state index in [9.17, 15) is 19.5 Å². The number of aliphatic carboxylic acids is 1. The van der Waals surface area contributed by atoms with Crippen molar-refractivity contribution in [2.75, 3.05) is 6.54 Å². The van der Waals surface area contributed by atoms with Crippen LogP contribution < -0.4 is 22.1 Å². The first kappa shape index (κ1) is 22.5. The number of nitrogens with two attached hydrogens (primary N) is 2. The maximum atomic E-state index is 12.4. The first-order chi connectivity index (χ1) is 12.8. The maximum Gasteiger partial charge on any atom is 0.328 e. The SMILES string of the molecule is CC(O)C(NC(=O)C(CCCCN)NC(=O)C(N)Cc1cnc[nH]1)C(=O)O. The van der Waals surface area contributed by atoms with Gasteiger partial charge in [-0.1, -0.05) is 0 Å². The maximum absolute atomic E-state index is 12.4. The zero-order valence-corrected chi connectivity index (χ0v) is 15.2. The van der Waals surface area contributed by atoms with Gasteiger partial charge in [-0.25, -0.2) is 9.78 Å². The van der Waals surface area contributed by atoms with Crippen molar-refractivity contribution in [3.63, 3.8) is 0 Å². The van der Waals surface area contributed by atoms with E-state index in [0.29, 0.717) is 25.1 Å². The molecule has 4 atom stereocenters. The van der Waals surface area contributed by atoms with E-state index in [0.717, 1.165) is 0 Å². The fourth-order valence-corrected chi connectivity index (χ4v) is 2.41. The van der Waals surface area contributed by atoms with Crippen LogP contribution in [0.4, 0.5) is 0 Å². The highest BCUT2D eigenvalue weighted by molar-refractivity contribution is 5.91. The second-order valence-electron chi connectivity index (χ2n) is 6.30. The van der Waals surface area contributed by atoms with E-state index in [-0.39, 0.29) is 12.8 Å². The normalized spacial score (nSPS) is 15.4. The second kappa shape index (κ2) is 11.3. The monoisotopic (exact) mass is 384 g/mol. The lowest BCUT2D eigenvalue weighted by Gasteiger charge is -2.24. The van der Waals surface area contributed by atoms with E-state index in [4.69, 9.17) is 16.6 Å². The van der Waals surface area contributed by atoms with Crippen LogP contribution in [-0.4, -0.2) is 68.7 Å². The fourth-order valence-electron chi connectivity index (χ4n) is 2.41. The highest BCUT2D eigenvalue weighted by atomic mass is 16.4. The minimum absolute atomic E-state index is 0.203. The Labute approximate surface area is 156 Å². The Morgan fingerprint density at radius 2 is 1.96 bits per heavy atom. The van der Waals surface area contributed by atoms with Gasteiger partial charge in [-0.3, -0.25) is 9.59 Å². The number of imidazole rings is 1. The van der Waals surface area contributed by atoms with Crippen molar-refractivity contribution in [1.82, 2.24) is 20.6 Å². The smallest absolute Gasteiger partial charge is 0.328 e. The third-order valence-corrected chi connectivity index (χ3v) is 3.96. The van der Waals surface area contributed by atoms with Crippen LogP contribution in [0.3, 0.4) is 0 Å². The number of rotatable bonds is 12. The molecular formula is C16H28N6O5. The highest BCUT2D eigenvalue weighted by Crippen LogP contribution is 2.04. The number of nitrogens with zero attached hydrogens (tertiary/aromatic N) is 1. The van der Waals surface area contributed by atoms with Crippen LogP contribution in [0.5, 0.6) is 0 Å². The number of nitrogens with one attached hydrogen (secondary N) is 3. The molecule has 2 amide bonds. The highest BCUT2D eigenvalue weighted by Gasteiger charge is 2.30. The molecule has 0 bridgehead atoms. The zero-order chi connectivity index (χ0) is 20.4. The number of carbonyl (C=O) groups is 3. The molecule has 0 saturated carbocycles. The Balaban J connectivity index is 2.74. The van der Waals surface area contributed by atoms with Gasteiger partial charge in [0.15, 0.2) is 6.04 Å². The predicted molar refractivity (Wildman–Crippen MR) is 96.4 cm³/mol. The average Bonchev–Trinajstić information content (AvgIpc) is 3.10. The Morgan fingerprint density at radius 3 is 2.48 bits per heavy atom. The molecule has 1 heterocycles.